The zero-order chi connectivity index (χ0) is 13.2. The molecule has 2 amide bonds. The van der Waals surface area contributed by atoms with Crippen molar-refractivity contribution in [1.29, 1.82) is 0 Å². The number of amides is 2. The van der Waals surface area contributed by atoms with E-state index in [1.165, 1.54) is 0 Å². The van der Waals surface area contributed by atoms with Gasteiger partial charge in [0.05, 0.1) is 11.4 Å². The average Bonchev–Trinajstić information content (AvgIpc) is 2.85. The SMILES string of the molecule is O=C(NCC(F)(F)F)N/N=C1/CCn2cccc21. The zero-order valence-electron chi connectivity index (χ0n) is 9.29. The van der Waals surface area contributed by atoms with Crippen LogP contribution in [0.1, 0.15) is 12.1 Å². The number of alkyl halides is 3. The number of halogens is 3. The maximum atomic E-state index is 11.8. The second kappa shape index (κ2) is 4.71. The van der Waals surface area contributed by atoms with E-state index in [1.807, 2.05) is 22.9 Å². The van der Waals surface area contributed by atoms with Crippen LogP contribution in [0.5, 0.6) is 0 Å². The summed E-state index contributed by atoms with van der Waals surface area (Å²) in [5.41, 5.74) is 3.57. The normalized spacial score (nSPS) is 16.7. The van der Waals surface area contributed by atoms with E-state index in [0.29, 0.717) is 12.1 Å². The highest BCUT2D eigenvalue weighted by atomic mass is 19.4. The molecule has 0 fully saturated rings. The Labute approximate surface area is 101 Å². The van der Waals surface area contributed by atoms with E-state index in [4.69, 9.17) is 0 Å². The molecule has 18 heavy (non-hydrogen) atoms. The molecule has 0 radical (unpaired) electrons. The third kappa shape index (κ3) is 3.02. The van der Waals surface area contributed by atoms with E-state index in [2.05, 4.69) is 10.5 Å². The summed E-state index contributed by atoms with van der Waals surface area (Å²) in [6.07, 6.45) is -1.90. The van der Waals surface area contributed by atoms with Crippen molar-refractivity contribution in [2.45, 2.75) is 19.1 Å². The van der Waals surface area contributed by atoms with Gasteiger partial charge in [0.25, 0.3) is 0 Å². The number of carbonyl (C=O) groups is 1. The summed E-state index contributed by atoms with van der Waals surface area (Å²) >= 11 is 0. The Hall–Kier alpha value is -1.99. The maximum Gasteiger partial charge on any atom is 0.405 e. The van der Waals surface area contributed by atoms with E-state index in [1.54, 1.807) is 5.32 Å². The first-order valence-corrected chi connectivity index (χ1v) is 5.28. The topological polar surface area (TPSA) is 58.4 Å². The minimum Gasteiger partial charge on any atom is -0.346 e. The van der Waals surface area contributed by atoms with Gasteiger partial charge >= 0.3 is 12.2 Å². The highest BCUT2D eigenvalue weighted by Crippen LogP contribution is 2.15. The predicted molar refractivity (Wildman–Crippen MR) is 58.2 cm³/mol. The van der Waals surface area contributed by atoms with Crippen LogP contribution in [0, 0.1) is 0 Å². The number of nitrogens with one attached hydrogen (secondary N) is 2. The number of nitrogens with zero attached hydrogens (tertiary/aromatic N) is 2. The molecule has 98 valence electrons. The molecule has 0 aliphatic carbocycles. The van der Waals surface area contributed by atoms with Crippen molar-refractivity contribution in [3.8, 4) is 0 Å². The Morgan fingerprint density at radius 2 is 2.28 bits per heavy atom. The lowest BCUT2D eigenvalue weighted by molar-refractivity contribution is -0.122. The van der Waals surface area contributed by atoms with Crippen LogP contribution in [-0.4, -0.2) is 29.0 Å². The smallest absolute Gasteiger partial charge is 0.346 e. The molecule has 0 saturated carbocycles. The Morgan fingerprint density at radius 3 is 3.00 bits per heavy atom. The van der Waals surface area contributed by atoms with Crippen LogP contribution >= 0.6 is 0 Å². The van der Waals surface area contributed by atoms with Crippen LogP contribution in [0.3, 0.4) is 0 Å². The molecule has 0 aromatic carbocycles. The van der Waals surface area contributed by atoms with Gasteiger partial charge in [-0.15, -0.1) is 0 Å². The van der Waals surface area contributed by atoms with Gasteiger partial charge in [-0.3, -0.25) is 0 Å². The number of aromatic nitrogens is 1. The van der Waals surface area contributed by atoms with Crippen molar-refractivity contribution in [3.05, 3.63) is 24.0 Å². The minimum absolute atomic E-state index is 0.649. The molecule has 8 heteroatoms. The van der Waals surface area contributed by atoms with Crippen molar-refractivity contribution in [3.63, 3.8) is 0 Å². The fourth-order valence-corrected chi connectivity index (χ4v) is 1.68. The quantitative estimate of drug-likeness (QED) is 0.777. The standard InChI is InChI=1S/C10H11F3N4O/c11-10(12,13)6-14-9(18)16-15-7-3-5-17-4-1-2-8(7)17/h1-2,4H,3,5-6H2,(H2,14,16,18)/b15-7-. The summed E-state index contributed by atoms with van der Waals surface area (Å²) in [5, 5.41) is 5.48. The van der Waals surface area contributed by atoms with Crippen LogP contribution < -0.4 is 10.7 Å². The fourth-order valence-electron chi connectivity index (χ4n) is 1.68. The third-order valence-electron chi connectivity index (χ3n) is 2.46. The van der Waals surface area contributed by atoms with Gasteiger partial charge in [0, 0.05) is 19.2 Å². The highest BCUT2D eigenvalue weighted by molar-refractivity contribution is 6.01. The Balaban J connectivity index is 1.87. The first kappa shape index (κ1) is 12.5. The van der Waals surface area contributed by atoms with Gasteiger partial charge in [-0.1, -0.05) is 0 Å². The molecular formula is C10H11F3N4O. The number of hydrogen-bond acceptors (Lipinski definition) is 2. The second-order valence-electron chi connectivity index (χ2n) is 3.80. The van der Waals surface area contributed by atoms with Crippen LogP contribution in [0.4, 0.5) is 18.0 Å². The molecular weight excluding hydrogens is 249 g/mol. The molecule has 0 saturated heterocycles. The Morgan fingerprint density at radius 1 is 1.50 bits per heavy atom. The molecule has 2 heterocycles. The van der Waals surface area contributed by atoms with Crippen molar-refractivity contribution in [2.75, 3.05) is 6.54 Å². The molecule has 5 nitrogen and oxygen atoms in total. The predicted octanol–water partition coefficient (Wildman–Crippen LogP) is 1.46. The molecule has 1 aromatic rings. The summed E-state index contributed by atoms with van der Waals surface area (Å²) in [6.45, 7) is -0.618. The molecule has 0 spiro atoms. The lowest BCUT2D eigenvalue weighted by atomic mass is 10.2. The molecule has 1 aromatic heterocycles. The maximum absolute atomic E-state index is 11.8. The van der Waals surface area contributed by atoms with E-state index in [-0.39, 0.29) is 0 Å². The van der Waals surface area contributed by atoms with Crippen LogP contribution in [0.25, 0.3) is 0 Å². The number of hydrogen-bond donors (Lipinski definition) is 2. The molecule has 1 aliphatic rings. The Bertz CT molecular complexity index is 478. The molecule has 1 aliphatic heterocycles. The lowest BCUT2D eigenvalue weighted by Gasteiger charge is -2.07. The van der Waals surface area contributed by atoms with Gasteiger partial charge in [-0.25, -0.2) is 10.2 Å². The first-order chi connectivity index (χ1) is 8.46. The third-order valence-corrected chi connectivity index (χ3v) is 2.46. The van der Waals surface area contributed by atoms with E-state index >= 15 is 0 Å². The van der Waals surface area contributed by atoms with Gasteiger partial charge in [0.1, 0.15) is 6.54 Å². The second-order valence-corrected chi connectivity index (χ2v) is 3.80. The van der Waals surface area contributed by atoms with Crippen molar-refractivity contribution in [1.82, 2.24) is 15.3 Å². The minimum atomic E-state index is -4.42. The van der Waals surface area contributed by atoms with Crippen LogP contribution in [-0.2, 0) is 6.54 Å². The molecule has 0 atom stereocenters. The number of urea groups is 1. The van der Waals surface area contributed by atoms with Crippen LogP contribution in [0.2, 0.25) is 0 Å². The van der Waals surface area contributed by atoms with Gasteiger partial charge in [-0.05, 0) is 12.1 Å². The van der Waals surface area contributed by atoms with Gasteiger partial charge in [0.2, 0.25) is 0 Å². The summed E-state index contributed by atoms with van der Waals surface area (Å²) in [5.74, 6) is 0. The van der Waals surface area contributed by atoms with Gasteiger partial charge in [-0.2, -0.15) is 18.3 Å². The number of fused-ring (bicyclic) bond motifs is 1. The van der Waals surface area contributed by atoms with Gasteiger partial charge < -0.3 is 9.88 Å². The average molecular weight is 260 g/mol. The van der Waals surface area contributed by atoms with Crippen molar-refractivity contribution < 1.29 is 18.0 Å². The van der Waals surface area contributed by atoms with E-state index in [0.717, 1.165) is 12.2 Å². The monoisotopic (exact) mass is 260 g/mol. The Kier molecular flexibility index (Phi) is 3.26. The number of aryl methyl sites for hydroxylation is 1. The largest absolute Gasteiger partial charge is 0.405 e. The molecule has 2 N–H and O–H groups in total. The first-order valence-electron chi connectivity index (χ1n) is 5.28. The molecule has 0 bridgehead atoms. The van der Waals surface area contributed by atoms with Crippen molar-refractivity contribution >= 4 is 11.7 Å². The fraction of sp³-hybridized carbons (Fsp3) is 0.400. The summed E-state index contributed by atoms with van der Waals surface area (Å²) < 4.78 is 37.4. The molecule has 0 unspecified atom stereocenters. The summed E-state index contributed by atoms with van der Waals surface area (Å²) in [4.78, 5) is 11.1. The highest BCUT2D eigenvalue weighted by Gasteiger charge is 2.27. The molecule has 2 rings (SSSR count). The zero-order valence-corrected chi connectivity index (χ0v) is 9.29. The lowest BCUT2D eigenvalue weighted by Crippen LogP contribution is -2.39. The number of carbonyl (C=O) groups excluding carboxylic acids is 1. The van der Waals surface area contributed by atoms with E-state index < -0.39 is 18.8 Å². The van der Waals surface area contributed by atoms with Gasteiger partial charge in [0.15, 0.2) is 0 Å². The van der Waals surface area contributed by atoms with E-state index in [9.17, 15) is 18.0 Å². The van der Waals surface area contributed by atoms with Crippen LogP contribution in [0.15, 0.2) is 23.4 Å². The summed E-state index contributed by atoms with van der Waals surface area (Å²) in [7, 11) is 0. The number of hydrazone groups is 1. The van der Waals surface area contributed by atoms with Crippen molar-refractivity contribution in [2.24, 2.45) is 5.10 Å². The number of rotatable bonds is 2. The summed E-state index contributed by atoms with van der Waals surface area (Å²) in [6, 6.07) is 2.71.